The minimum Gasteiger partial charge on any atom is -0.452 e. The van der Waals surface area contributed by atoms with Crippen LogP contribution < -0.4 is 11.1 Å². The number of anilines is 1. The van der Waals surface area contributed by atoms with Crippen LogP contribution in [0.2, 0.25) is 0 Å². The molecule has 1 atom stereocenters. The maximum atomic E-state index is 12.9. The van der Waals surface area contributed by atoms with E-state index in [1.807, 2.05) is 0 Å². The molecule has 1 heterocycles. The maximum absolute atomic E-state index is 12.9. The van der Waals surface area contributed by atoms with Gasteiger partial charge in [0, 0.05) is 4.88 Å². The highest BCUT2D eigenvalue weighted by molar-refractivity contribution is 7.17. The Kier molecular flexibility index (Phi) is 5.55. The first-order valence-electron chi connectivity index (χ1n) is 8.52. The fourth-order valence-electron chi connectivity index (χ4n) is 3.06. The van der Waals surface area contributed by atoms with E-state index >= 15 is 0 Å². The third-order valence-electron chi connectivity index (χ3n) is 4.43. The van der Waals surface area contributed by atoms with E-state index in [0.717, 1.165) is 41.8 Å². The van der Waals surface area contributed by atoms with Crippen LogP contribution in [0.3, 0.4) is 0 Å². The number of rotatable bonds is 5. The molecular weight excluding hydrogens is 371 g/mol. The lowest BCUT2D eigenvalue weighted by atomic mass is 9.88. The molecule has 1 aliphatic rings. The van der Waals surface area contributed by atoms with Crippen LogP contribution in [0.4, 0.5) is 9.39 Å². The molecule has 0 bridgehead atoms. The summed E-state index contributed by atoms with van der Waals surface area (Å²) >= 11 is 1.34. The van der Waals surface area contributed by atoms with Gasteiger partial charge in [0.1, 0.15) is 10.8 Å². The van der Waals surface area contributed by atoms with Gasteiger partial charge in [0.25, 0.3) is 11.8 Å². The minimum absolute atomic E-state index is 0.141. The number of esters is 1. The lowest BCUT2D eigenvalue weighted by Gasteiger charge is -2.18. The number of ether oxygens (including phenoxy) is 1. The standard InChI is InChI=1S/C19H19FN2O4S/c1-10-2-7-13-14(8-10)27-18(16(13)17(21)24)22-15(23)9-26-19(25)11-3-5-12(20)6-4-11/h3-6,10H,2,7-9H2,1H3,(H2,21,24)(H,22,23)/t10-/m1/s1. The summed E-state index contributed by atoms with van der Waals surface area (Å²) in [7, 11) is 0. The fourth-order valence-corrected chi connectivity index (χ4v) is 4.49. The van der Waals surface area contributed by atoms with Crippen LogP contribution in [0.15, 0.2) is 24.3 Å². The average molecular weight is 390 g/mol. The highest BCUT2D eigenvalue weighted by atomic mass is 32.1. The summed E-state index contributed by atoms with van der Waals surface area (Å²) in [5, 5.41) is 3.01. The highest BCUT2D eigenvalue weighted by Crippen LogP contribution is 2.39. The second-order valence-electron chi connectivity index (χ2n) is 6.55. The van der Waals surface area contributed by atoms with Gasteiger partial charge in [-0.1, -0.05) is 6.92 Å². The molecule has 1 aliphatic carbocycles. The molecule has 1 aromatic carbocycles. The highest BCUT2D eigenvalue weighted by Gasteiger charge is 2.27. The molecule has 6 nitrogen and oxygen atoms in total. The molecule has 0 saturated carbocycles. The van der Waals surface area contributed by atoms with Gasteiger partial charge < -0.3 is 15.8 Å². The van der Waals surface area contributed by atoms with Crippen molar-refractivity contribution >= 4 is 34.1 Å². The van der Waals surface area contributed by atoms with Crippen molar-refractivity contribution in [3.05, 3.63) is 51.7 Å². The van der Waals surface area contributed by atoms with Gasteiger partial charge in [-0.05, 0) is 55.0 Å². The van der Waals surface area contributed by atoms with Gasteiger partial charge in [0.15, 0.2) is 6.61 Å². The Labute approximate surface area is 159 Å². The molecule has 1 aromatic heterocycles. The van der Waals surface area contributed by atoms with Crippen molar-refractivity contribution in [3.63, 3.8) is 0 Å². The van der Waals surface area contributed by atoms with Crippen molar-refractivity contribution in [2.24, 2.45) is 11.7 Å². The molecule has 0 aliphatic heterocycles. The van der Waals surface area contributed by atoms with Crippen LogP contribution in [-0.2, 0) is 22.4 Å². The molecule has 0 radical (unpaired) electrons. The number of primary amides is 1. The summed E-state index contributed by atoms with van der Waals surface area (Å²) in [5.74, 6) is -1.85. The molecule has 3 rings (SSSR count). The zero-order valence-corrected chi connectivity index (χ0v) is 15.5. The number of carbonyl (C=O) groups is 3. The lowest BCUT2D eigenvalue weighted by molar-refractivity contribution is -0.119. The SMILES string of the molecule is C[C@@H]1CCc2c(sc(NC(=O)COC(=O)c3ccc(F)cc3)c2C(N)=O)C1. The van der Waals surface area contributed by atoms with Crippen molar-refractivity contribution in [1.29, 1.82) is 0 Å². The zero-order valence-electron chi connectivity index (χ0n) is 14.7. The number of halogens is 1. The summed E-state index contributed by atoms with van der Waals surface area (Å²) in [6.07, 6.45) is 2.56. The molecule has 8 heteroatoms. The minimum atomic E-state index is -0.737. The number of amides is 2. The number of hydrogen-bond donors (Lipinski definition) is 2. The number of nitrogens with one attached hydrogen (secondary N) is 1. The van der Waals surface area contributed by atoms with Gasteiger partial charge in [0.05, 0.1) is 11.1 Å². The number of hydrogen-bond acceptors (Lipinski definition) is 5. The molecule has 0 saturated heterocycles. The molecule has 2 aromatic rings. The molecular formula is C19H19FN2O4S. The predicted octanol–water partition coefficient (Wildman–Crippen LogP) is 2.91. The molecule has 0 unspecified atom stereocenters. The first kappa shape index (κ1) is 19.0. The third kappa shape index (κ3) is 4.33. The van der Waals surface area contributed by atoms with E-state index in [1.165, 1.54) is 23.5 Å². The van der Waals surface area contributed by atoms with Crippen molar-refractivity contribution in [2.45, 2.75) is 26.2 Å². The van der Waals surface area contributed by atoms with Crippen LogP contribution in [0.25, 0.3) is 0 Å². The molecule has 0 spiro atoms. The fraction of sp³-hybridized carbons (Fsp3) is 0.316. The Morgan fingerprint density at radius 3 is 2.67 bits per heavy atom. The topological polar surface area (TPSA) is 98.5 Å². The lowest BCUT2D eigenvalue weighted by Crippen LogP contribution is -2.23. The van der Waals surface area contributed by atoms with Gasteiger partial charge >= 0.3 is 5.97 Å². The van der Waals surface area contributed by atoms with E-state index in [2.05, 4.69) is 12.2 Å². The number of thiophene rings is 1. The number of nitrogens with two attached hydrogens (primary N) is 1. The Balaban J connectivity index is 1.66. The normalized spacial score (nSPS) is 15.7. The number of fused-ring (bicyclic) bond motifs is 1. The smallest absolute Gasteiger partial charge is 0.338 e. The van der Waals surface area contributed by atoms with E-state index < -0.39 is 30.2 Å². The van der Waals surface area contributed by atoms with E-state index in [9.17, 15) is 18.8 Å². The molecule has 0 fully saturated rings. The molecule has 142 valence electrons. The second-order valence-corrected chi connectivity index (χ2v) is 7.66. The van der Waals surface area contributed by atoms with Gasteiger partial charge in [-0.3, -0.25) is 9.59 Å². The average Bonchev–Trinajstić information content (AvgIpc) is 2.97. The quantitative estimate of drug-likeness (QED) is 0.767. The Bertz CT molecular complexity index is 892. The second kappa shape index (κ2) is 7.87. The van der Waals surface area contributed by atoms with Crippen LogP contribution in [-0.4, -0.2) is 24.4 Å². The summed E-state index contributed by atoms with van der Waals surface area (Å²) in [5.41, 5.74) is 6.90. The van der Waals surface area contributed by atoms with Crippen LogP contribution in [0.1, 0.15) is 44.5 Å². The van der Waals surface area contributed by atoms with Gasteiger partial charge in [-0.15, -0.1) is 11.3 Å². The Hall–Kier alpha value is -2.74. The number of carbonyl (C=O) groups excluding carboxylic acids is 3. The van der Waals surface area contributed by atoms with Crippen LogP contribution >= 0.6 is 11.3 Å². The van der Waals surface area contributed by atoms with Crippen LogP contribution in [0, 0.1) is 11.7 Å². The zero-order chi connectivity index (χ0) is 19.6. The summed E-state index contributed by atoms with van der Waals surface area (Å²) in [6.45, 7) is 1.62. The first-order chi connectivity index (χ1) is 12.8. The van der Waals surface area contributed by atoms with E-state index in [0.29, 0.717) is 16.5 Å². The molecule has 3 N–H and O–H groups in total. The monoisotopic (exact) mass is 390 g/mol. The van der Waals surface area contributed by atoms with Gasteiger partial charge in [-0.2, -0.15) is 0 Å². The Morgan fingerprint density at radius 2 is 2.00 bits per heavy atom. The van der Waals surface area contributed by atoms with Crippen molar-refractivity contribution in [1.82, 2.24) is 0 Å². The summed E-state index contributed by atoms with van der Waals surface area (Å²) < 4.78 is 17.8. The van der Waals surface area contributed by atoms with Crippen molar-refractivity contribution in [3.8, 4) is 0 Å². The summed E-state index contributed by atoms with van der Waals surface area (Å²) in [6, 6.07) is 4.81. The largest absolute Gasteiger partial charge is 0.452 e. The predicted molar refractivity (Wildman–Crippen MR) is 99.3 cm³/mol. The van der Waals surface area contributed by atoms with Crippen LogP contribution in [0.5, 0.6) is 0 Å². The molecule has 2 amide bonds. The molecule has 27 heavy (non-hydrogen) atoms. The van der Waals surface area contributed by atoms with Crippen molar-refractivity contribution < 1.29 is 23.5 Å². The van der Waals surface area contributed by atoms with E-state index in [-0.39, 0.29) is 5.56 Å². The van der Waals surface area contributed by atoms with Crippen molar-refractivity contribution in [2.75, 3.05) is 11.9 Å². The van der Waals surface area contributed by atoms with Gasteiger partial charge in [0.2, 0.25) is 0 Å². The number of benzene rings is 1. The van der Waals surface area contributed by atoms with E-state index in [1.54, 1.807) is 0 Å². The summed E-state index contributed by atoms with van der Waals surface area (Å²) in [4.78, 5) is 37.0. The van der Waals surface area contributed by atoms with Gasteiger partial charge in [-0.25, -0.2) is 9.18 Å². The van der Waals surface area contributed by atoms with E-state index in [4.69, 9.17) is 10.5 Å². The maximum Gasteiger partial charge on any atom is 0.338 e. The third-order valence-corrected chi connectivity index (χ3v) is 5.60. The first-order valence-corrected chi connectivity index (χ1v) is 9.33. The Morgan fingerprint density at radius 1 is 1.30 bits per heavy atom.